The van der Waals surface area contributed by atoms with E-state index in [9.17, 15) is 9.18 Å². The van der Waals surface area contributed by atoms with Crippen molar-refractivity contribution in [1.82, 2.24) is 14.7 Å². The topological polar surface area (TPSA) is 73.4 Å². The second-order valence-corrected chi connectivity index (χ2v) is 6.06. The van der Waals surface area contributed by atoms with E-state index in [1.54, 1.807) is 41.1 Å². The van der Waals surface area contributed by atoms with Crippen molar-refractivity contribution in [1.29, 1.82) is 0 Å². The number of nitrogens with two attached hydrogens (primary N) is 1. The first-order valence-corrected chi connectivity index (χ1v) is 7.91. The van der Waals surface area contributed by atoms with Gasteiger partial charge in [-0.1, -0.05) is 12.1 Å². The van der Waals surface area contributed by atoms with E-state index in [-0.39, 0.29) is 30.3 Å². The molecule has 1 aliphatic heterocycles. The van der Waals surface area contributed by atoms with E-state index in [4.69, 9.17) is 10.5 Å². The SMILES string of the molecule is CO[C@H]1C[C@@H](Cn2ccc(N)n2)N(C(=O)Cc2cccc(F)c2)C1. The van der Waals surface area contributed by atoms with Crippen LogP contribution in [0, 0.1) is 5.82 Å². The van der Waals surface area contributed by atoms with Crippen LogP contribution in [0.3, 0.4) is 0 Å². The Kier molecular flexibility index (Phi) is 4.80. The summed E-state index contributed by atoms with van der Waals surface area (Å²) in [6.07, 6.45) is 2.71. The molecule has 0 saturated carbocycles. The number of nitrogens with zero attached hydrogens (tertiary/aromatic N) is 3. The van der Waals surface area contributed by atoms with Crippen molar-refractivity contribution in [3.05, 3.63) is 47.9 Å². The zero-order valence-electron chi connectivity index (χ0n) is 13.6. The lowest BCUT2D eigenvalue weighted by molar-refractivity contribution is -0.131. The number of aromatic nitrogens is 2. The number of amides is 1. The third kappa shape index (κ3) is 3.73. The average molecular weight is 332 g/mol. The molecule has 1 saturated heterocycles. The molecule has 128 valence electrons. The highest BCUT2D eigenvalue weighted by molar-refractivity contribution is 5.79. The highest BCUT2D eigenvalue weighted by Gasteiger charge is 2.35. The van der Waals surface area contributed by atoms with Gasteiger partial charge in [0.05, 0.1) is 25.1 Å². The van der Waals surface area contributed by atoms with E-state index in [1.807, 2.05) is 0 Å². The zero-order valence-corrected chi connectivity index (χ0v) is 13.6. The quantitative estimate of drug-likeness (QED) is 0.900. The van der Waals surface area contributed by atoms with Crippen LogP contribution < -0.4 is 5.73 Å². The van der Waals surface area contributed by atoms with Crippen molar-refractivity contribution < 1.29 is 13.9 Å². The molecule has 0 radical (unpaired) electrons. The van der Waals surface area contributed by atoms with Crippen LogP contribution in [0.25, 0.3) is 0 Å². The predicted molar refractivity (Wildman–Crippen MR) is 87.7 cm³/mol. The van der Waals surface area contributed by atoms with Crippen LogP contribution in [0.2, 0.25) is 0 Å². The van der Waals surface area contributed by atoms with Crippen molar-refractivity contribution in [3.63, 3.8) is 0 Å². The molecule has 0 bridgehead atoms. The molecule has 1 aromatic heterocycles. The average Bonchev–Trinajstić information content (AvgIpc) is 3.14. The molecular formula is C17H21FN4O2. The number of carbonyl (C=O) groups is 1. The van der Waals surface area contributed by atoms with Gasteiger partial charge < -0.3 is 15.4 Å². The molecule has 3 rings (SSSR count). The van der Waals surface area contributed by atoms with Crippen LogP contribution >= 0.6 is 0 Å². The van der Waals surface area contributed by atoms with Crippen molar-refractivity contribution in [3.8, 4) is 0 Å². The molecule has 6 nitrogen and oxygen atoms in total. The number of halogens is 1. The van der Waals surface area contributed by atoms with E-state index in [0.29, 0.717) is 24.5 Å². The number of hydrogen-bond acceptors (Lipinski definition) is 4. The molecular weight excluding hydrogens is 311 g/mol. The zero-order chi connectivity index (χ0) is 17.1. The van der Waals surface area contributed by atoms with E-state index < -0.39 is 0 Å². The largest absolute Gasteiger partial charge is 0.382 e. The molecule has 1 aliphatic rings. The second-order valence-electron chi connectivity index (χ2n) is 6.06. The number of ether oxygens (including phenoxy) is 1. The first-order chi connectivity index (χ1) is 11.5. The minimum Gasteiger partial charge on any atom is -0.382 e. The van der Waals surface area contributed by atoms with Gasteiger partial charge in [0.2, 0.25) is 5.91 Å². The monoisotopic (exact) mass is 332 g/mol. The second kappa shape index (κ2) is 7.00. The molecule has 2 atom stereocenters. The Labute approximate surface area is 140 Å². The Balaban J connectivity index is 1.71. The summed E-state index contributed by atoms with van der Waals surface area (Å²) in [6.45, 7) is 1.10. The van der Waals surface area contributed by atoms with Gasteiger partial charge in [0, 0.05) is 19.9 Å². The van der Waals surface area contributed by atoms with Gasteiger partial charge >= 0.3 is 0 Å². The van der Waals surface area contributed by atoms with Crippen molar-refractivity contribution in [2.45, 2.75) is 31.5 Å². The summed E-state index contributed by atoms with van der Waals surface area (Å²) in [6, 6.07) is 7.84. The van der Waals surface area contributed by atoms with Crippen LogP contribution in [0.5, 0.6) is 0 Å². The van der Waals surface area contributed by atoms with Gasteiger partial charge in [-0.2, -0.15) is 5.10 Å². The fourth-order valence-corrected chi connectivity index (χ4v) is 3.14. The Bertz CT molecular complexity index is 718. The fraction of sp³-hybridized carbons (Fsp3) is 0.412. The maximum atomic E-state index is 13.3. The van der Waals surface area contributed by atoms with Crippen molar-refractivity contribution >= 4 is 11.7 Å². The number of methoxy groups -OCH3 is 1. The summed E-state index contributed by atoms with van der Waals surface area (Å²) < 4.78 is 20.5. The van der Waals surface area contributed by atoms with Gasteiger partial charge in [-0.25, -0.2) is 4.39 Å². The normalized spacial score (nSPS) is 20.5. The lowest BCUT2D eigenvalue weighted by Gasteiger charge is -2.24. The number of carbonyl (C=O) groups excluding carboxylic acids is 1. The van der Waals surface area contributed by atoms with Gasteiger partial charge in [0.1, 0.15) is 11.6 Å². The first-order valence-electron chi connectivity index (χ1n) is 7.91. The van der Waals surface area contributed by atoms with Crippen molar-refractivity contribution in [2.75, 3.05) is 19.4 Å². The minimum absolute atomic E-state index is 0.000585. The van der Waals surface area contributed by atoms with Gasteiger partial charge in [-0.05, 0) is 30.2 Å². The van der Waals surface area contributed by atoms with E-state index in [0.717, 1.165) is 6.42 Å². The van der Waals surface area contributed by atoms with Crippen LogP contribution in [0.1, 0.15) is 12.0 Å². The smallest absolute Gasteiger partial charge is 0.227 e. The number of nitrogen functional groups attached to an aromatic ring is 1. The standard InChI is InChI=1S/C17H21FN4O2/c1-24-15-9-14(10-21-6-5-16(19)20-21)22(11-15)17(23)8-12-3-2-4-13(18)7-12/h2-7,14-15H,8-11H2,1H3,(H2,19,20)/t14-,15-/m0/s1. The molecule has 1 amide bonds. The number of rotatable bonds is 5. The number of benzene rings is 1. The minimum atomic E-state index is -0.333. The van der Waals surface area contributed by atoms with Gasteiger partial charge in [0.25, 0.3) is 0 Å². The predicted octanol–water partition coefficient (Wildman–Crippen LogP) is 1.46. The van der Waals surface area contributed by atoms with Crippen LogP contribution in [-0.2, 0) is 22.5 Å². The molecule has 24 heavy (non-hydrogen) atoms. The highest BCUT2D eigenvalue weighted by Crippen LogP contribution is 2.23. The first kappa shape index (κ1) is 16.4. The van der Waals surface area contributed by atoms with Crippen molar-refractivity contribution in [2.24, 2.45) is 0 Å². The molecule has 7 heteroatoms. The Morgan fingerprint density at radius 3 is 2.96 bits per heavy atom. The maximum Gasteiger partial charge on any atom is 0.227 e. The third-order valence-corrected chi connectivity index (χ3v) is 4.33. The fourth-order valence-electron chi connectivity index (χ4n) is 3.14. The van der Waals surface area contributed by atoms with Crippen LogP contribution in [0.4, 0.5) is 10.2 Å². The number of hydrogen-bond donors (Lipinski definition) is 1. The highest BCUT2D eigenvalue weighted by atomic mass is 19.1. The summed E-state index contributed by atoms with van der Waals surface area (Å²) in [5.74, 6) is 0.0826. The van der Waals surface area contributed by atoms with E-state index in [1.165, 1.54) is 12.1 Å². The Morgan fingerprint density at radius 1 is 1.46 bits per heavy atom. The Hall–Kier alpha value is -2.41. The molecule has 2 N–H and O–H groups in total. The number of anilines is 1. The van der Waals surface area contributed by atoms with Gasteiger partial charge in [0.15, 0.2) is 0 Å². The molecule has 1 fully saturated rings. The molecule has 1 aromatic carbocycles. The molecule has 0 spiro atoms. The maximum absolute atomic E-state index is 13.3. The number of likely N-dealkylation sites (tertiary alicyclic amines) is 1. The van der Waals surface area contributed by atoms with Crippen LogP contribution in [-0.4, -0.2) is 46.4 Å². The summed E-state index contributed by atoms with van der Waals surface area (Å²) in [4.78, 5) is 14.5. The molecule has 0 aliphatic carbocycles. The molecule has 0 unspecified atom stereocenters. The lowest BCUT2D eigenvalue weighted by atomic mass is 10.1. The summed E-state index contributed by atoms with van der Waals surface area (Å²) in [7, 11) is 1.65. The lowest BCUT2D eigenvalue weighted by Crippen LogP contribution is -2.39. The summed E-state index contributed by atoms with van der Waals surface area (Å²) >= 11 is 0. The molecule has 2 heterocycles. The summed E-state index contributed by atoms with van der Waals surface area (Å²) in [5, 5.41) is 4.18. The molecule has 2 aromatic rings. The van der Waals surface area contributed by atoms with E-state index in [2.05, 4.69) is 5.10 Å². The van der Waals surface area contributed by atoms with Crippen LogP contribution in [0.15, 0.2) is 36.5 Å². The van der Waals surface area contributed by atoms with E-state index >= 15 is 0 Å². The Morgan fingerprint density at radius 2 is 2.29 bits per heavy atom. The van der Waals surface area contributed by atoms with Gasteiger partial charge in [-0.3, -0.25) is 9.48 Å². The van der Waals surface area contributed by atoms with Gasteiger partial charge in [-0.15, -0.1) is 0 Å². The third-order valence-electron chi connectivity index (χ3n) is 4.33. The summed E-state index contributed by atoms with van der Waals surface area (Å²) in [5.41, 5.74) is 6.31.